The van der Waals surface area contributed by atoms with Crippen LogP contribution in [0.15, 0.2) is 52.8 Å². The van der Waals surface area contributed by atoms with Crippen molar-refractivity contribution < 1.29 is 9.90 Å². The maximum absolute atomic E-state index is 13.8. The summed E-state index contributed by atoms with van der Waals surface area (Å²) in [5.41, 5.74) is 2.34. The fourth-order valence-corrected chi connectivity index (χ4v) is 6.60. The van der Waals surface area contributed by atoms with Gasteiger partial charge in [0, 0.05) is 27.0 Å². The largest absolute Gasteiger partial charge is 0.506 e. The van der Waals surface area contributed by atoms with Gasteiger partial charge in [0.25, 0.3) is 5.91 Å². The number of carbonyl (C=O) groups is 1. The Morgan fingerprint density at radius 2 is 1.94 bits per heavy atom. The molecule has 180 valence electrons. The number of benzene rings is 1. The van der Waals surface area contributed by atoms with Gasteiger partial charge in [-0.2, -0.15) is 0 Å². The molecule has 2 N–H and O–H groups in total. The molecule has 1 amide bonds. The molecule has 1 saturated carbocycles. The Morgan fingerprint density at radius 3 is 2.62 bits per heavy atom. The fourth-order valence-electron chi connectivity index (χ4n) is 4.53. The van der Waals surface area contributed by atoms with Gasteiger partial charge in [0.15, 0.2) is 0 Å². The van der Waals surface area contributed by atoms with Gasteiger partial charge in [-0.25, -0.2) is 0 Å². The Labute approximate surface area is 215 Å². The second kappa shape index (κ2) is 11.1. The summed E-state index contributed by atoms with van der Waals surface area (Å²) in [4.78, 5) is 18.4. The van der Waals surface area contributed by atoms with Gasteiger partial charge < -0.3 is 15.3 Å². The number of fused-ring (bicyclic) bond motifs is 1. The zero-order valence-corrected chi connectivity index (χ0v) is 22.4. The van der Waals surface area contributed by atoms with Gasteiger partial charge in [0.2, 0.25) is 0 Å². The monoisotopic (exact) mass is 512 g/mol. The van der Waals surface area contributed by atoms with Gasteiger partial charge in [-0.05, 0) is 86.2 Å². The summed E-state index contributed by atoms with van der Waals surface area (Å²) in [5, 5.41) is 17.2. The Morgan fingerprint density at radius 1 is 1.21 bits per heavy atom. The molecule has 3 aromatic rings. The van der Waals surface area contributed by atoms with Crippen LogP contribution in [0.1, 0.15) is 59.6 Å². The standard InChI is InChI=1S/C27H32N2O2S3/c1-17(8-9-18(2)32)19-14-22(33-16-19)15-29(21-12-10-20(28-3)11-13-21)27(31)26-25(30)23-6-4-5-7-24(23)34-26/h4-9,14,16,20-21,28,30,32H,10-13,15H2,1-3H3/b17-8+,18-9-. The first-order chi connectivity index (χ1) is 16.4. The molecule has 4 nitrogen and oxygen atoms in total. The summed E-state index contributed by atoms with van der Waals surface area (Å²) in [7, 11) is 2.01. The first-order valence-electron chi connectivity index (χ1n) is 11.7. The highest BCUT2D eigenvalue weighted by Crippen LogP contribution is 2.39. The Balaban J connectivity index is 1.62. The predicted molar refractivity (Wildman–Crippen MR) is 149 cm³/mol. The molecule has 0 spiro atoms. The van der Waals surface area contributed by atoms with Gasteiger partial charge >= 0.3 is 0 Å². The molecule has 2 heterocycles. The molecular formula is C27H32N2O2S3. The Hall–Kier alpha value is -2.06. The van der Waals surface area contributed by atoms with Gasteiger partial charge in [-0.1, -0.05) is 24.3 Å². The van der Waals surface area contributed by atoms with Gasteiger partial charge in [-0.3, -0.25) is 4.79 Å². The third-order valence-corrected chi connectivity index (χ3v) is 8.80. The van der Waals surface area contributed by atoms with Crippen LogP contribution >= 0.6 is 35.3 Å². The van der Waals surface area contributed by atoms with Gasteiger partial charge in [0.1, 0.15) is 10.6 Å². The number of amides is 1. The van der Waals surface area contributed by atoms with Crippen LogP contribution in [0.4, 0.5) is 0 Å². The number of nitrogens with one attached hydrogen (secondary N) is 1. The van der Waals surface area contributed by atoms with E-state index in [1.165, 1.54) is 22.5 Å². The molecule has 1 aromatic carbocycles. The van der Waals surface area contributed by atoms with E-state index in [0.29, 0.717) is 17.5 Å². The smallest absolute Gasteiger partial charge is 0.268 e. The van der Waals surface area contributed by atoms with Crippen molar-refractivity contribution in [2.75, 3.05) is 7.05 Å². The molecular weight excluding hydrogens is 481 g/mol. The summed E-state index contributed by atoms with van der Waals surface area (Å²) >= 11 is 7.41. The summed E-state index contributed by atoms with van der Waals surface area (Å²) in [6, 6.07) is 10.5. The molecule has 0 unspecified atom stereocenters. The first-order valence-corrected chi connectivity index (χ1v) is 13.8. The van der Waals surface area contributed by atoms with Crippen molar-refractivity contribution in [1.29, 1.82) is 0 Å². The number of aromatic hydroxyl groups is 1. The van der Waals surface area contributed by atoms with Crippen molar-refractivity contribution in [3.05, 3.63) is 68.1 Å². The lowest BCUT2D eigenvalue weighted by molar-refractivity contribution is 0.0606. The van der Waals surface area contributed by atoms with Crippen molar-refractivity contribution in [2.24, 2.45) is 0 Å². The van der Waals surface area contributed by atoms with Crippen LogP contribution in [0.2, 0.25) is 0 Å². The highest BCUT2D eigenvalue weighted by Gasteiger charge is 2.32. The van der Waals surface area contributed by atoms with Crippen molar-refractivity contribution in [1.82, 2.24) is 10.2 Å². The first kappa shape index (κ1) is 25.0. The predicted octanol–water partition coefficient (Wildman–Crippen LogP) is 7.08. The number of carbonyl (C=O) groups excluding carboxylic acids is 1. The van der Waals surface area contributed by atoms with E-state index in [-0.39, 0.29) is 17.7 Å². The number of thiophene rings is 2. The van der Waals surface area contributed by atoms with E-state index in [0.717, 1.165) is 45.6 Å². The van der Waals surface area contributed by atoms with Crippen LogP contribution < -0.4 is 5.32 Å². The summed E-state index contributed by atoms with van der Waals surface area (Å²) in [5.74, 6) is 0.0431. The topological polar surface area (TPSA) is 52.6 Å². The van der Waals surface area contributed by atoms with Crippen LogP contribution in [0.25, 0.3) is 15.7 Å². The van der Waals surface area contributed by atoms with E-state index in [1.807, 2.05) is 49.2 Å². The van der Waals surface area contributed by atoms with Crippen LogP contribution in [-0.4, -0.2) is 35.0 Å². The quantitative estimate of drug-likeness (QED) is 0.234. The molecule has 2 aromatic heterocycles. The fraction of sp³-hybridized carbons (Fsp3) is 0.370. The van der Waals surface area contributed by atoms with Gasteiger partial charge in [0.05, 0.1) is 6.54 Å². The third-order valence-electron chi connectivity index (χ3n) is 6.58. The summed E-state index contributed by atoms with van der Waals surface area (Å²) in [6.07, 6.45) is 8.10. The van der Waals surface area contributed by atoms with E-state index < -0.39 is 0 Å². The van der Waals surface area contributed by atoms with Crippen LogP contribution in [-0.2, 0) is 6.54 Å². The molecule has 1 aliphatic carbocycles. The van der Waals surface area contributed by atoms with Crippen molar-refractivity contribution >= 4 is 56.9 Å². The molecule has 0 aliphatic heterocycles. The van der Waals surface area contributed by atoms with Crippen LogP contribution in [0, 0.1) is 0 Å². The van der Waals surface area contributed by atoms with Crippen LogP contribution in [0.3, 0.4) is 0 Å². The zero-order chi connectivity index (χ0) is 24.2. The number of allylic oxidation sites excluding steroid dienone is 4. The van der Waals surface area contributed by atoms with E-state index in [1.54, 1.807) is 11.3 Å². The maximum Gasteiger partial charge on any atom is 0.268 e. The number of nitrogens with zero attached hydrogens (tertiary/aromatic N) is 1. The lowest BCUT2D eigenvalue weighted by atomic mass is 9.90. The minimum atomic E-state index is -0.0672. The molecule has 0 saturated heterocycles. The number of rotatable bonds is 7. The second-order valence-corrected chi connectivity index (χ2v) is 11.7. The van der Waals surface area contributed by atoms with Crippen LogP contribution in [0.5, 0.6) is 5.75 Å². The average molecular weight is 513 g/mol. The minimum absolute atomic E-state index is 0.0672. The maximum atomic E-state index is 13.8. The SMILES string of the molecule is CNC1CCC(N(Cc2cc(/C(C)=C/C=C(/C)S)cs2)C(=O)c2sc3ccccc3c2O)CC1. The Kier molecular flexibility index (Phi) is 8.19. The highest BCUT2D eigenvalue weighted by molar-refractivity contribution is 7.84. The van der Waals surface area contributed by atoms with Crippen molar-refractivity contribution in [3.63, 3.8) is 0 Å². The summed E-state index contributed by atoms with van der Waals surface area (Å²) in [6.45, 7) is 4.61. The summed E-state index contributed by atoms with van der Waals surface area (Å²) < 4.78 is 0.939. The lowest BCUT2D eigenvalue weighted by Crippen LogP contribution is -2.44. The lowest BCUT2D eigenvalue weighted by Gasteiger charge is -2.36. The van der Waals surface area contributed by atoms with E-state index in [9.17, 15) is 9.90 Å². The molecule has 1 aliphatic rings. The molecule has 7 heteroatoms. The number of hydrogen-bond donors (Lipinski definition) is 3. The Bertz CT molecular complexity index is 1210. The normalized spacial score (nSPS) is 19.5. The third kappa shape index (κ3) is 5.60. The molecule has 0 bridgehead atoms. The highest BCUT2D eigenvalue weighted by atomic mass is 32.1. The minimum Gasteiger partial charge on any atom is -0.506 e. The molecule has 34 heavy (non-hydrogen) atoms. The molecule has 4 rings (SSSR count). The van der Waals surface area contributed by atoms with E-state index in [4.69, 9.17) is 0 Å². The van der Waals surface area contributed by atoms with Gasteiger partial charge in [-0.15, -0.1) is 35.3 Å². The second-order valence-electron chi connectivity index (χ2n) is 8.96. The number of thiol groups is 1. The zero-order valence-electron chi connectivity index (χ0n) is 19.9. The molecule has 0 radical (unpaired) electrons. The van der Waals surface area contributed by atoms with E-state index >= 15 is 0 Å². The number of hydrogen-bond acceptors (Lipinski definition) is 6. The van der Waals surface area contributed by atoms with E-state index in [2.05, 4.69) is 42.4 Å². The molecule has 0 atom stereocenters. The van der Waals surface area contributed by atoms with Crippen molar-refractivity contribution in [3.8, 4) is 5.75 Å². The molecule has 1 fully saturated rings. The average Bonchev–Trinajstić information content (AvgIpc) is 3.45. The van der Waals surface area contributed by atoms with Crippen molar-refractivity contribution in [2.45, 2.75) is 58.2 Å².